The van der Waals surface area contributed by atoms with Gasteiger partial charge in [0, 0.05) is 11.3 Å². The first-order valence-corrected chi connectivity index (χ1v) is 6.93. The summed E-state index contributed by atoms with van der Waals surface area (Å²) in [6.07, 6.45) is -3.32. The van der Waals surface area contributed by atoms with Crippen LogP contribution in [0, 0.1) is 0 Å². The van der Waals surface area contributed by atoms with Gasteiger partial charge in [-0.05, 0) is 18.2 Å². The summed E-state index contributed by atoms with van der Waals surface area (Å²) in [5.74, 6) is -0.602. The number of benzene rings is 2. The Morgan fingerprint density at radius 3 is 2.50 bits per heavy atom. The minimum absolute atomic E-state index is 0.0371. The lowest BCUT2D eigenvalue weighted by molar-refractivity contribution is -0.137. The monoisotopic (exact) mass is 332 g/mol. The van der Waals surface area contributed by atoms with Gasteiger partial charge in [0.05, 0.1) is 5.56 Å². The third kappa shape index (κ3) is 3.29. The zero-order valence-corrected chi connectivity index (χ0v) is 12.2. The van der Waals surface area contributed by atoms with Gasteiger partial charge in [-0.15, -0.1) is 0 Å². The van der Waals surface area contributed by atoms with Crippen LogP contribution >= 0.6 is 0 Å². The fourth-order valence-corrected chi connectivity index (χ4v) is 2.17. The molecule has 0 aliphatic carbocycles. The lowest BCUT2D eigenvalue weighted by atomic mass is 10.1. The van der Waals surface area contributed by atoms with Crippen molar-refractivity contribution in [2.24, 2.45) is 0 Å². The van der Waals surface area contributed by atoms with Crippen molar-refractivity contribution in [2.45, 2.75) is 6.18 Å². The average molecular weight is 332 g/mol. The van der Waals surface area contributed by atoms with Crippen molar-refractivity contribution >= 4 is 11.6 Å². The van der Waals surface area contributed by atoms with Crippen molar-refractivity contribution in [3.63, 3.8) is 0 Å². The number of carbonyl (C=O) groups is 1. The predicted octanol–water partition coefficient (Wildman–Crippen LogP) is 4.61. The number of alkyl halides is 3. The first kappa shape index (κ1) is 15.8. The molecule has 2 aromatic carbocycles. The SMILES string of the molecule is O=C(Nc1cccc(C(F)(F)F)c1)c1conc1-c1ccccc1. The van der Waals surface area contributed by atoms with E-state index in [-0.39, 0.29) is 11.3 Å². The first-order valence-electron chi connectivity index (χ1n) is 6.93. The van der Waals surface area contributed by atoms with Gasteiger partial charge in [0.1, 0.15) is 17.5 Å². The van der Waals surface area contributed by atoms with Gasteiger partial charge in [-0.1, -0.05) is 41.6 Å². The Balaban J connectivity index is 1.86. The Morgan fingerprint density at radius 2 is 1.79 bits per heavy atom. The number of rotatable bonds is 3. The van der Waals surface area contributed by atoms with Crippen molar-refractivity contribution in [2.75, 3.05) is 5.32 Å². The number of carbonyl (C=O) groups excluding carboxylic acids is 1. The van der Waals surface area contributed by atoms with E-state index in [9.17, 15) is 18.0 Å². The molecule has 0 atom stereocenters. The summed E-state index contributed by atoms with van der Waals surface area (Å²) in [6.45, 7) is 0. The minimum atomic E-state index is -4.48. The normalized spacial score (nSPS) is 11.3. The van der Waals surface area contributed by atoms with E-state index in [2.05, 4.69) is 10.5 Å². The Kier molecular flexibility index (Phi) is 4.07. The summed E-state index contributed by atoms with van der Waals surface area (Å²) in [7, 11) is 0. The second-order valence-electron chi connectivity index (χ2n) is 4.98. The van der Waals surface area contributed by atoms with Crippen LogP contribution in [0.1, 0.15) is 15.9 Å². The van der Waals surface area contributed by atoms with E-state index in [1.54, 1.807) is 24.3 Å². The second kappa shape index (κ2) is 6.19. The fourth-order valence-electron chi connectivity index (χ4n) is 2.17. The summed E-state index contributed by atoms with van der Waals surface area (Å²) >= 11 is 0. The number of amides is 1. The highest BCUT2D eigenvalue weighted by molar-refractivity contribution is 6.07. The van der Waals surface area contributed by atoms with Gasteiger partial charge in [0.25, 0.3) is 5.91 Å². The van der Waals surface area contributed by atoms with Crippen molar-refractivity contribution in [1.82, 2.24) is 5.16 Å². The molecular formula is C17H11F3N2O2. The van der Waals surface area contributed by atoms with Gasteiger partial charge in [-0.2, -0.15) is 13.2 Å². The van der Waals surface area contributed by atoms with Crippen LogP contribution in [0.2, 0.25) is 0 Å². The predicted molar refractivity (Wildman–Crippen MR) is 81.3 cm³/mol. The summed E-state index contributed by atoms with van der Waals surface area (Å²) in [5.41, 5.74) is 0.322. The minimum Gasteiger partial charge on any atom is -0.363 e. The maximum atomic E-state index is 12.7. The van der Waals surface area contributed by atoms with Crippen LogP contribution in [0.3, 0.4) is 0 Å². The van der Waals surface area contributed by atoms with Gasteiger partial charge in [0.15, 0.2) is 0 Å². The molecule has 0 aliphatic heterocycles. The van der Waals surface area contributed by atoms with Crippen LogP contribution in [0.25, 0.3) is 11.3 Å². The molecule has 4 nitrogen and oxygen atoms in total. The van der Waals surface area contributed by atoms with Gasteiger partial charge in [-0.3, -0.25) is 4.79 Å². The molecule has 1 N–H and O–H groups in total. The van der Waals surface area contributed by atoms with E-state index >= 15 is 0 Å². The number of halogens is 3. The number of anilines is 1. The largest absolute Gasteiger partial charge is 0.416 e. The smallest absolute Gasteiger partial charge is 0.363 e. The van der Waals surface area contributed by atoms with E-state index in [0.717, 1.165) is 18.4 Å². The molecule has 1 heterocycles. The van der Waals surface area contributed by atoms with Gasteiger partial charge < -0.3 is 9.84 Å². The van der Waals surface area contributed by atoms with Crippen LogP contribution in [0.5, 0.6) is 0 Å². The van der Waals surface area contributed by atoms with Crippen molar-refractivity contribution in [3.8, 4) is 11.3 Å². The highest BCUT2D eigenvalue weighted by Gasteiger charge is 2.30. The van der Waals surface area contributed by atoms with Gasteiger partial charge in [-0.25, -0.2) is 0 Å². The second-order valence-corrected chi connectivity index (χ2v) is 4.98. The maximum Gasteiger partial charge on any atom is 0.416 e. The van der Waals surface area contributed by atoms with Crippen molar-refractivity contribution in [1.29, 1.82) is 0 Å². The van der Waals surface area contributed by atoms with E-state index in [1.807, 2.05) is 6.07 Å². The van der Waals surface area contributed by atoms with E-state index in [0.29, 0.717) is 11.3 Å². The molecule has 0 bridgehead atoms. The molecule has 1 amide bonds. The number of hydrogen-bond donors (Lipinski definition) is 1. The molecule has 0 unspecified atom stereocenters. The van der Waals surface area contributed by atoms with Gasteiger partial charge >= 0.3 is 6.18 Å². The molecule has 1 aromatic heterocycles. The molecule has 0 fully saturated rings. The van der Waals surface area contributed by atoms with Crippen LogP contribution in [0.4, 0.5) is 18.9 Å². The Bertz CT molecular complexity index is 858. The Morgan fingerprint density at radius 1 is 1.04 bits per heavy atom. The molecule has 3 aromatic rings. The lowest BCUT2D eigenvalue weighted by Gasteiger charge is -2.09. The summed E-state index contributed by atoms with van der Waals surface area (Å²) in [5, 5.41) is 6.22. The molecule has 0 spiro atoms. The van der Waals surface area contributed by atoms with Crippen LogP contribution in [-0.4, -0.2) is 11.1 Å². The van der Waals surface area contributed by atoms with Crippen LogP contribution in [0.15, 0.2) is 65.4 Å². The molecule has 0 saturated heterocycles. The Hall–Kier alpha value is -3.09. The lowest BCUT2D eigenvalue weighted by Crippen LogP contribution is -2.13. The number of nitrogens with zero attached hydrogens (tertiary/aromatic N) is 1. The maximum absolute atomic E-state index is 12.7. The van der Waals surface area contributed by atoms with E-state index < -0.39 is 17.6 Å². The highest BCUT2D eigenvalue weighted by Crippen LogP contribution is 2.31. The van der Waals surface area contributed by atoms with E-state index in [1.165, 1.54) is 12.1 Å². The summed E-state index contributed by atoms with van der Waals surface area (Å²) < 4.78 is 43.0. The zero-order valence-electron chi connectivity index (χ0n) is 12.2. The average Bonchev–Trinajstić information content (AvgIpc) is 3.05. The molecule has 0 aliphatic rings. The summed E-state index contributed by atoms with van der Waals surface area (Å²) in [4.78, 5) is 12.3. The van der Waals surface area contributed by atoms with Crippen LogP contribution < -0.4 is 5.32 Å². The van der Waals surface area contributed by atoms with Gasteiger partial charge in [0.2, 0.25) is 0 Å². The van der Waals surface area contributed by atoms with Crippen molar-refractivity contribution in [3.05, 3.63) is 72.0 Å². The fraction of sp³-hybridized carbons (Fsp3) is 0.0588. The van der Waals surface area contributed by atoms with Crippen molar-refractivity contribution < 1.29 is 22.5 Å². The standard InChI is InChI=1S/C17H11F3N2O2/c18-17(19,20)12-7-4-8-13(9-12)21-16(23)14-10-24-22-15(14)11-5-2-1-3-6-11/h1-10H,(H,21,23). The first-order chi connectivity index (χ1) is 11.4. The third-order valence-corrected chi connectivity index (χ3v) is 3.31. The van der Waals surface area contributed by atoms with Crippen LogP contribution in [-0.2, 0) is 6.18 Å². The zero-order chi connectivity index (χ0) is 17.2. The Labute approximate surface area is 134 Å². The topological polar surface area (TPSA) is 55.1 Å². The molecule has 3 rings (SSSR count). The number of aromatic nitrogens is 1. The molecule has 7 heteroatoms. The quantitative estimate of drug-likeness (QED) is 0.762. The summed E-state index contributed by atoms with van der Waals surface area (Å²) in [6, 6.07) is 13.3. The number of hydrogen-bond acceptors (Lipinski definition) is 3. The molecule has 0 saturated carbocycles. The molecule has 24 heavy (non-hydrogen) atoms. The third-order valence-electron chi connectivity index (χ3n) is 3.31. The molecular weight excluding hydrogens is 321 g/mol. The van der Waals surface area contributed by atoms with E-state index in [4.69, 9.17) is 4.52 Å². The molecule has 122 valence electrons. The molecule has 0 radical (unpaired) electrons. The number of nitrogens with one attached hydrogen (secondary N) is 1. The highest BCUT2D eigenvalue weighted by atomic mass is 19.4.